The van der Waals surface area contributed by atoms with Crippen LogP contribution >= 0.6 is 0 Å². The number of alkyl halides is 3. The Morgan fingerprint density at radius 3 is 2.37 bits per heavy atom. The molecule has 102 valence electrons. The molecule has 2 aromatic rings. The van der Waals surface area contributed by atoms with Crippen LogP contribution in [0.3, 0.4) is 0 Å². The maximum Gasteiger partial charge on any atom is 0.416 e. The monoisotopic (exact) mass is 269 g/mol. The molecule has 0 aliphatic carbocycles. The molecular formula is C13H14F3N3. The third-order valence-electron chi connectivity index (χ3n) is 2.84. The van der Waals surface area contributed by atoms with Crippen LogP contribution in [-0.2, 0) is 19.6 Å². The van der Waals surface area contributed by atoms with Gasteiger partial charge in [0.25, 0.3) is 0 Å². The number of hydrogen-bond donors (Lipinski definition) is 1. The van der Waals surface area contributed by atoms with Crippen LogP contribution in [-0.4, -0.2) is 16.3 Å². The molecule has 2 N–H and O–H groups in total. The molecular weight excluding hydrogens is 255 g/mol. The lowest BCUT2D eigenvalue weighted by atomic mass is 10.1. The molecule has 1 heterocycles. The molecule has 0 fully saturated rings. The van der Waals surface area contributed by atoms with Crippen molar-refractivity contribution in [1.29, 1.82) is 0 Å². The smallest absolute Gasteiger partial charge is 0.330 e. The number of rotatable bonds is 3. The number of aryl methyl sites for hydroxylation is 1. The summed E-state index contributed by atoms with van der Waals surface area (Å²) in [6.45, 7) is 0.490. The van der Waals surface area contributed by atoms with Crippen molar-refractivity contribution in [3.63, 3.8) is 0 Å². The Bertz CT molecular complexity index is 556. The van der Waals surface area contributed by atoms with E-state index < -0.39 is 11.7 Å². The molecule has 0 atom stereocenters. The zero-order chi connectivity index (χ0) is 14.0. The summed E-state index contributed by atoms with van der Waals surface area (Å²) in [5.41, 5.74) is 7.11. The van der Waals surface area contributed by atoms with Crippen LogP contribution in [0.1, 0.15) is 11.3 Å². The molecule has 0 aliphatic rings. The number of hydrogen-bond acceptors (Lipinski definition) is 2. The Balaban J connectivity index is 2.32. The van der Waals surface area contributed by atoms with Gasteiger partial charge in [-0.3, -0.25) is 4.68 Å². The van der Waals surface area contributed by atoms with Gasteiger partial charge in [0.05, 0.1) is 17.0 Å². The second-order valence-electron chi connectivity index (χ2n) is 4.26. The number of nitrogens with zero attached hydrogens (tertiary/aromatic N) is 2. The van der Waals surface area contributed by atoms with Crippen molar-refractivity contribution in [2.24, 2.45) is 12.8 Å². The molecule has 2 rings (SSSR count). The van der Waals surface area contributed by atoms with E-state index in [9.17, 15) is 13.2 Å². The lowest BCUT2D eigenvalue weighted by Crippen LogP contribution is -2.04. The molecule has 0 saturated heterocycles. The van der Waals surface area contributed by atoms with Gasteiger partial charge < -0.3 is 5.73 Å². The highest BCUT2D eigenvalue weighted by Crippen LogP contribution is 2.31. The average Bonchev–Trinajstić information content (AvgIpc) is 2.70. The standard InChI is InChI=1S/C13H14F3N3/c1-19-12(8-11(18-19)6-7-17)9-2-4-10(5-3-9)13(14,15)16/h2-5,8H,6-7,17H2,1H3. The van der Waals surface area contributed by atoms with Crippen molar-refractivity contribution in [2.45, 2.75) is 12.6 Å². The highest BCUT2D eigenvalue weighted by molar-refractivity contribution is 5.60. The van der Waals surface area contributed by atoms with Gasteiger partial charge in [0, 0.05) is 13.5 Å². The Morgan fingerprint density at radius 1 is 1.21 bits per heavy atom. The molecule has 0 radical (unpaired) electrons. The van der Waals surface area contributed by atoms with Gasteiger partial charge in [-0.1, -0.05) is 12.1 Å². The molecule has 3 nitrogen and oxygen atoms in total. The SMILES string of the molecule is Cn1nc(CCN)cc1-c1ccc(C(F)(F)F)cc1. The van der Waals surface area contributed by atoms with Crippen LogP contribution in [0.25, 0.3) is 11.3 Å². The van der Waals surface area contributed by atoms with Crippen LogP contribution in [0.2, 0.25) is 0 Å². The third-order valence-corrected chi connectivity index (χ3v) is 2.84. The van der Waals surface area contributed by atoms with E-state index in [2.05, 4.69) is 5.10 Å². The van der Waals surface area contributed by atoms with Crippen molar-refractivity contribution < 1.29 is 13.2 Å². The highest BCUT2D eigenvalue weighted by Gasteiger charge is 2.30. The minimum atomic E-state index is -4.31. The largest absolute Gasteiger partial charge is 0.416 e. The second kappa shape index (κ2) is 5.05. The van der Waals surface area contributed by atoms with E-state index in [0.717, 1.165) is 23.5 Å². The lowest BCUT2D eigenvalue weighted by Gasteiger charge is -2.07. The van der Waals surface area contributed by atoms with Crippen LogP contribution in [0.5, 0.6) is 0 Å². The highest BCUT2D eigenvalue weighted by atomic mass is 19.4. The Morgan fingerprint density at radius 2 is 1.84 bits per heavy atom. The minimum Gasteiger partial charge on any atom is -0.330 e. The predicted molar refractivity (Wildman–Crippen MR) is 66.4 cm³/mol. The normalized spacial score (nSPS) is 11.8. The van der Waals surface area contributed by atoms with Crippen LogP contribution in [0.4, 0.5) is 13.2 Å². The van der Waals surface area contributed by atoms with E-state index in [4.69, 9.17) is 5.73 Å². The van der Waals surface area contributed by atoms with Gasteiger partial charge in [-0.15, -0.1) is 0 Å². The summed E-state index contributed by atoms with van der Waals surface area (Å²) in [6.07, 6.45) is -3.66. The van der Waals surface area contributed by atoms with Gasteiger partial charge in [-0.2, -0.15) is 18.3 Å². The van der Waals surface area contributed by atoms with E-state index in [0.29, 0.717) is 18.5 Å². The molecule has 0 bridgehead atoms. The first-order valence-electron chi connectivity index (χ1n) is 5.82. The summed E-state index contributed by atoms with van der Waals surface area (Å²) in [5.74, 6) is 0. The van der Waals surface area contributed by atoms with Crippen LogP contribution in [0, 0.1) is 0 Å². The molecule has 0 aliphatic heterocycles. The summed E-state index contributed by atoms with van der Waals surface area (Å²) in [4.78, 5) is 0. The maximum atomic E-state index is 12.5. The zero-order valence-corrected chi connectivity index (χ0v) is 10.4. The summed E-state index contributed by atoms with van der Waals surface area (Å²) in [7, 11) is 1.76. The Hall–Kier alpha value is -1.82. The minimum absolute atomic E-state index is 0.490. The number of benzene rings is 1. The van der Waals surface area contributed by atoms with Crippen molar-refractivity contribution in [2.75, 3.05) is 6.54 Å². The predicted octanol–water partition coefficient (Wildman–Crippen LogP) is 2.61. The second-order valence-corrected chi connectivity index (χ2v) is 4.26. The summed E-state index contributed by atoms with van der Waals surface area (Å²) >= 11 is 0. The zero-order valence-electron chi connectivity index (χ0n) is 10.4. The Labute approximate surface area is 108 Å². The molecule has 19 heavy (non-hydrogen) atoms. The first-order valence-corrected chi connectivity index (χ1v) is 5.82. The van der Waals surface area contributed by atoms with Gasteiger partial charge in [-0.25, -0.2) is 0 Å². The van der Waals surface area contributed by atoms with E-state index >= 15 is 0 Å². The molecule has 1 aromatic heterocycles. The number of aromatic nitrogens is 2. The Kier molecular flexibility index (Phi) is 3.61. The van der Waals surface area contributed by atoms with Gasteiger partial charge in [0.2, 0.25) is 0 Å². The van der Waals surface area contributed by atoms with Crippen molar-refractivity contribution in [3.05, 3.63) is 41.6 Å². The van der Waals surface area contributed by atoms with Crippen molar-refractivity contribution in [3.8, 4) is 11.3 Å². The fraction of sp³-hybridized carbons (Fsp3) is 0.308. The van der Waals surface area contributed by atoms with E-state index in [1.165, 1.54) is 12.1 Å². The summed E-state index contributed by atoms with van der Waals surface area (Å²) in [6, 6.07) is 6.89. The maximum absolute atomic E-state index is 12.5. The van der Waals surface area contributed by atoms with Gasteiger partial charge in [-0.05, 0) is 30.3 Å². The number of nitrogens with two attached hydrogens (primary N) is 1. The van der Waals surface area contributed by atoms with Crippen molar-refractivity contribution in [1.82, 2.24) is 9.78 Å². The lowest BCUT2D eigenvalue weighted by molar-refractivity contribution is -0.137. The van der Waals surface area contributed by atoms with E-state index in [1.807, 2.05) is 6.07 Å². The quantitative estimate of drug-likeness (QED) is 0.930. The summed E-state index contributed by atoms with van der Waals surface area (Å²) < 4.78 is 39.1. The van der Waals surface area contributed by atoms with Gasteiger partial charge >= 0.3 is 6.18 Å². The molecule has 0 spiro atoms. The first-order chi connectivity index (χ1) is 8.91. The summed E-state index contributed by atoms with van der Waals surface area (Å²) in [5, 5.41) is 4.26. The molecule has 0 amide bonds. The topological polar surface area (TPSA) is 43.8 Å². The van der Waals surface area contributed by atoms with E-state index in [1.54, 1.807) is 11.7 Å². The fourth-order valence-electron chi connectivity index (χ4n) is 1.90. The molecule has 0 unspecified atom stereocenters. The van der Waals surface area contributed by atoms with Crippen molar-refractivity contribution >= 4 is 0 Å². The van der Waals surface area contributed by atoms with Crippen LogP contribution < -0.4 is 5.73 Å². The van der Waals surface area contributed by atoms with E-state index in [-0.39, 0.29) is 0 Å². The number of halogens is 3. The average molecular weight is 269 g/mol. The van der Waals surface area contributed by atoms with Crippen LogP contribution in [0.15, 0.2) is 30.3 Å². The van der Waals surface area contributed by atoms with Gasteiger partial charge in [0.1, 0.15) is 0 Å². The fourth-order valence-corrected chi connectivity index (χ4v) is 1.90. The molecule has 1 aromatic carbocycles. The third kappa shape index (κ3) is 2.96. The molecule has 0 saturated carbocycles. The van der Waals surface area contributed by atoms with Gasteiger partial charge in [0.15, 0.2) is 0 Å². The first kappa shape index (κ1) is 13.6. The molecule has 6 heteroatoms.